The standard InChI is InChI=1S/C8H16N2O/c1-6-4-9-5-7-8(6)10-2-3-11-7/h6-10H,2-5H2,1H3. The van der Waals surface area contributed by atoms with E-state index in [0.29, 0.717) is 18.1 Å². The van der Waals surface area contributed by atoms with Crippen LogP contribution < -0.4 is 10.6 Å². The van der Waals surface area contributed by atoms with Crippen LogP contribution in [-0.4, -0.2) is 38.4 Å². The van der Waals surface area contributed by atoms with E-state index in [1.54, 1.807) is 0 Å². The van der Waals surface area contributed by atoms with Gasteiger partial charge in [0, 0.05) is 19.1 Å². The van der Waals surface area contributed by atoms with Gasteiger partial charge in [0.05, 0.1) is 12.7 Å². The minimum Gasteiger partial charge on any atom is -0.374 e. The van der Waals surface area contributed by atoms with Crippen LogP contribution in [0.2, 0.25) is 0 Å². The zero-order valence-corrected chi connectivity index (χ0v) is 6.97. The van der Waals surface area contributed by atoms with E-state index in [-0.39, 0.29) is 0 Å². The van der Waals surface area contributed by atoms with Crippen LogP contribution in [0.4, 0.5) is 0 Å². The SMILES string of the molecule is CC1CNCC2OCCNC12. The smallest absolute Gasteiger partial charge is 0.0855 e. The molecule has 0 aliphatic carbocycles. The van der Waals surface area contributed by atoms with Crippen molar-refractivity contribution in [2.75, 3.05) is 26.2 Å². The lowest BCUT2D eigenvalue weighted by Gasteiger charge is -2.40. The van der Waals surface area contributed by atoms with E-state index in [2.05, 4.69) is 17.6 Å². The van der Waals surface area contributed by atoms with E-state index < -0.39 is 0 Å². The fourth-order valence-corrected chi connectivity index (χ4v) is 2.00. The Morgan fingerprint density at radius 3 is 3.09 bits per heavy atom. The van der Waals surface area contributed by atoms with E-state index >= 15 is 0 Å². The highest BCUT2D eigenvalue weighted by Gasteiger charge is 2.32. The molecule has 3 heteroatoms. The first kappa shape index (κ1) is 7.53. The van der Waals surface area contributed by atoms with Crippen molar-refractivity contribution >= 4 is 0 Å². The van der Waals surface area contributed by atoms with Crippen LogP contribution in [-0.2, 0) is 4.74 Å². The summed E-state index contributed by atoms with van der Waals surface area (Å²) in [5.74, 6) is 0.703. The molecule has 0 spiro atoms. The third kappa shape index (κ3) is 1.41. The van der Waals surface area contributed by atoms with E-state index in [4.69, 9.17) is 4.74 Å². The first-order valence-corrected chi connectivity index (χ1v) is 4.43. The lowest BCUT2D eigenvalue weighted by Crippen LogP contribution is -2.60. The molecule has 0 aromatic heterocycles. The molecule has 0 amide bonds. The van der Waals surface area contributed by atoms with Crippen molar-refractivity contribution < 1.29 is 4.74 Å². The molecule has 11 heavy (non-hydrogen) atoms. The first-order chi connectivity index (χ1) is 5.38. The number of hydrogen-bond donors (Lipinski definition) is 2. The van der Waals surface area contributed by atoms with E-state index in [0.717, 1.165) is 26.2 Å². The molecule has 3 nitrogen and oxygen atoms in total. The number of fused-ring (bicyclic) bond motifs is 1. The minimum atomic E-state index is 0.410. The Labute approximate surface area is 67.5 Å². The molecule has 0 bridgehead atoms. The first-order valence-electron chi connectivity index (χ1n) is 4.43. The summed E-state index contributed by atoms with van der Waals surface area (Å²) in [6.45, 7) is 6.30. The molecule has 2 aliphatic heterocycles. The van der Waals surface area contributed by atoms with E-state index in [1.165, 1.54) is 0 Å². The maximum absolute atomic E-state index is 5.63. The highest BCUT2D eigenvalue weighted by atomic mass is 16.5. The minimum absolute atomic E-state index is 0.410. The Bertz CT molecular complexity index is 138. The molecule has 3 atom stereocenters. The monoisotopic (exact) mass is 156 g/mol. The second-order valence-corrected chi connectivity index (χ2v) is 3.52. The summed E-state index contributed by atoms with van der Waals surface area (Å²) in [6.07, 6.45) is 0.410. The second kappa shape index (κ2) is 3.09. The van der Waals surface area contributed by atoms with Gasteiger partial charge in [-0.15, -0.1) is 0 Å². The van der Waals surface area contributed by atoms with Crippen molar-refractivity contribution in [1.82, 2.24) is 10.6 Å². The van der Waals surface area contributed by atoms with Gasteiger partial charge < -0.3 is 15.4 Å². The zero-order valence-electron chi connectivity index (χ0n) is 6.97. The average Bonchev–Trinajstić information content (AvgIpc) is 2.06. The Morgan fingerprint density at radius 2 is 2.27 bits per heavy atom. The highest BCUT2D eigenvalue weighted by Crippen LogP contribution is 2.16. The predicted molar refractivity (Wildman–Crippen MR) is 43.6 cm³/mol. The summed E-state index contributed by atoms with van der Waals surface area (Å²) in [5.41, 5.74) is 0. The molecule has 3 unspecified atom stereocenters. The number of hydrogen-bond acceptors (Lipinski definition) is 3. The molecular formula is C8H16N2O. The van der Waals surface area contributed by atoms with E-state index in [9.17, 15) is 0 Å². The molecule has 2 rings (SSSR count). The predicted octanol–water partition coefficient (Wildman–Crippen LogP) is -0.417. The highest BCUT2D eigenvalue weighted by molar-refractivity contribution is 4.90. The summed E-state index contributed by atoms with van der Waals surface area (Å²) < 4.78 is 5.63. The number of piperidine rings is 1. The van der Waals surface area contributed by atoms with Gasteiger partial charge in [0.15, 0.2) is 0 Å². The van der Waals surface area contributed by atoms with Gasteiger partial charge in [-0.3, -0.25) is 0 Å². The van der Waals surface area contributed by atoms with Crippen molar-refractivity contribution in [3.8, 4) is 0 Å². The summed E-state index contributed by atoms with van der Waals surface area (Å²) in [5, 5.41) is 6.87. The number of rotatable bonds is 0. The maximum atomic E-state index is 5.63. The number of morpholine rings is 1. The molecular weight excluding hydrogens is 140 g/mol. The van der Waals surface area contributed by atoms with Crippen LogP contribution >= 0.6 is 0 Å². The molecule has 2 saturated heterocycles. The molecule has 0 saturated carbocycles. The molecule has 2 fully saturated rings. The molecule has 2 aliphatic rings. The fraction of sp³-hybridized carbons (Fsp3) is 1.00. The van der Waals surface area contributed by atoms with Crippen LogP contribution in [0.1, 0.15) is 6.92 Å². The Balaban J connectivity index is 1.99. The Hall–Kier alpha value is -0.120. The lowest BCUT2D eigenvalue weighted by atomic mass is 9.92. The van der Waals surface area contributed by atoms with Crippen molar-refractivity contribution in [1.29, 1.82) is 0 Å². The zero-order chi connectivity index (χ0) is 7.68. The topological polar surface area (TPSA) is 33.3 Å². The van der Waals surface area contributed by atoms with Gasteiger partial charge in [-0.25, -0.2) is 0 Å². The Kier molecular flexibility index (Phi) is 2.11. The van der Waals surface area contributed by atoms with E-state index in [1.807, 2.05) is 0 Å². The van der Waals surface area contributed by atoms with Crippen LogP contribution in [0.15, 0.2) is 0 Å². The van der Waals surface area contributed by atoms with Crippen molar-refractivity contribution in [3.05, 3.63) is 0 Å². The summed E-state index contributed by atoms with van der Waals surface area (Å²) >= 11 is 0. The van der Waals surface area contributed by atoms with Crippen LogP contribution in [0.5, 0.6) is 0 Å². The number of ether oxygens (including phenoxy) is 1. The van der Waals surface area contributed by atoms with Gasteiger partial charge in [-0.2, -0.15) is 0 Å². The fourth-order valence-electron chi connectivity index (χ4n) is 2.00. The van der Waals surface area contributed by atoms with Gasteiger partial charge in [0.1, 0.15) is 0 Å². The van der Waals surface area contributed by atoms with Crippen molar-refractivity contribution in [2.24, 2.45) is 5.92 Å². The van der Waals surface area contributed by atoms with Crippen LogP contribution in [0.3, 0.4) is 0 Å². The molecule has 2 heterocycles. The normalized spacial score (nSPS) is 45.0. The van der Waals surface area contributed by atoms with Gasteiger partial charge in [0.25, 0.3) is 0 Å². The van der Waals surface area contributed by atoms with Gasteiger partial charge in [-0.1, -0.05) is 6.92 Å². The third-order valence-corrected chi connectivity index (χ3v) is 2.64. The van der Waals surface area contributed by atoms with Gasteiger partial charge >= 0.3 is 0 Å². The largest absolute Gasteiger partial charge is 0.374 e. The Morgan fingerprint density at radius 1 is 1.36 bits per heavy atom. The molecule has 0 aromatic rings. The second-order valence-electron chi connectivity index (χ2n) is 3.52. The summed E-state index contributed by atoms with van der Waals surface area (Å²) in [6, 6.07) is 0.588. The third-order valence-electron chi connectivity index (χ3n) is 2.64. The maximum Gasteiger partial charge on any atom is 0.0855 e. The average molecular weight is 156 g/mol. The van der Waals surface area contributed by atoms with Gasteiger partial charge in [-0.05, 0) is 12.5 Å². The molecule has 2 N–H and O–H groups in total. The quantitative estimate of drug-likeness (QED) is 0.500. The number of nitrogens with one attached hydrogen (secondary N) is 2. The molecule has 0 aromatic carbocycles. The van der Waals surface area contributed by atoms with Crippen molar-refractivity contribution in [3.63, 3.8) is 0 Å². The summed E-state index contributed by atoms with van der Waals surface area (Å²) in [4.78, 5) is 0. The van der Waals surface area contributed by atoms with Crippen molar-refractivity contribution in [2.45, 2.75) is 19.1 Å². The van der Waals surface area contributed by atoms with Crippen LogP contribution in [0.25, 0.3) is 0 Å². The molecule has 64 valence electrons. The molecule has 0 radical (unpaired) electrons. The van der Waals surface area contributed by atoms with Crippen LogP contribution in [0, 0.1) is 5.92 Å². The lowest BCUT2D eigenvalue weighted by molar-refractivity contribution is -0.0312. The van der Waals surface area contributed by atoms with Gasteiger partial charge in [0.2, 0.25) is 0 Å². The summed E-state index contributed by atoms with van der Waals surface area (Å²) in [7, 11) is 0.